The van der Waals surface area contributed by atoms with Crippen LogP contribution in [0, 0.1) is 5.82 Å². The van der Waals surface area contributed by atoms with Gasteiger partial charge in [0.15, 0.2) is 0 Å². The first-order valence-corrected chi connectivity index (χ1v) is 6.19. The molecule has 0 aromatic heterocycles. The number of hydrogen-bond acceptors (Lipinski definition) is 2. The topological polar surface area (TPSA) is 20.2 Å². The monoisotopic (exact) mass is 248 g/mol. The highest BCUT2D eigenvalue weighted by Gasteiger charge is 2.13. The standard InChI is InChI=1S/C14H13FOS/c1-10(16)14-12(15)8-5-9-13(14)17-11-6-3-2-4-7-11/h2-10,16H,1H3/t10-/m1/s1. The third-order valence-corrected chi connectivity index (χ3v) is 3.49. The molecule has 88 valence electrons. The van der Waals surface area contributed by atoms with Crippen LogP contribution in [0.4, 0.5) is 4.39 Å². The molecule has 1 nitrogen and oxygen atoms in total. The molecule has 0 aliphatic rings. The van der Waals surface area contributed by atoms with E-state index in [9.17, 15) is 9.50 Å². The zero-order valence-electron chi connectivity index (χ0n) is 9.43. The maximum atomic E-state index is 13.6. The van der Waals surface area contributed by atoms with E-state index in [0.717, 1.165) is 9.79 Å². The maximum absolute atomic E-state index is 13.6. The minimum atomic E-state index is -0.803. The van der Waals surface area contributed by atoms with Gasteiger partial charge >= 0.3 is 0 Å². The van der Waals surface area contributed by atoms with Crippen LogP contribution >= 0.6 is 11.8 Å². The van der Waals surface area contributed by atoms with Gasteiger partial charge in [-0.3, -0.25) is 0 Å². The Bertz CT molecular complexity index is 497. The van der Waals surface area contributed by atoms with Gasteiger partial charge in [-0.05, 0) is 31.2 Å². The van der Waals surface area contributed by atoms with Crippen molar-refractivity contribution in [3.63, 3.8) is 0 Å². The summed E-state index contributed by atoms with van der Waals surface area (Å²) in [6.07, 6.45) is -0.803. The minimum Gasteiger partial charge on any atom is -0.389 e. The summed E-state index contributed by atoms with van der Waals surface area (Å²) in [5.74, 6) is -0.360. The molecule has 3 heteroatoms. The van der Waals surface area contributed by atoms with E-state index >= 15 is 0 Å². The number of rotatable bonds is 3. The van der Waals surface area contributed by atoms with Crippen LogP contribution in [0.5, 0.6) is 0 Å². The predicted molar refractivity (Wildman–Crippen MR) is 67.6 cm³/mol. The van der Waals surface area contributed by atoms with E-state index in [0.29, 0.717) is 5.56 Å². The number of halogens is 1. The molecule has 0 spiro atoms. The van der Waals surface area contributed by atoms with Crippen LogP contribution in [0.25, 0.3) is 0 Å². The van der Waals surface area contributed by atoms with Gasteiger partial charge in [0, 0.05) is 15.4 Å². The molecule has 2 rings (SSSR count). The molecular formula is C14H13FOS. The largest absolute Gasteiger partial charge is 0.389 e. The van der Waals surface area contributed by atoms with Crippen molar-refractivity contribution in [2.45, 2.75) is 22.8 Å². The Labute approximate surface area is 104 Å². The second-order valence-corrected chi connectivity index (χ2v) is 4.86. The Kier molecular flexibility index (Phi) is 3.82. The Balaban J connectivity index is 2.36. The van der Waals surface area contributed by atoms with Gasteiger partial charge in [-0.25, -0.2) is 4.39 Å². The van der Waals surface area contributed by atoms with Gasteiger partial charge in [-0.1, -0.05) is 36.0 Å². The fourth-order valence-electron chi connectivity index (χ4n) is 1.63. The number of benzene rings is 2. The number of aliphatic hydroxyl groups excluding tert-OH is 1. The van der Waals surface area contributed by atoms with Crippen LogP contribution in [0.1, 0.15) is 18.6 Å². The van der Waals surface area contributed by atoms with Gasteiger partial charge in [0.25, 0.3) is 0 Å². The maximum Gasteiger partial charge on any atom is 0.130 e. The van der Waals surface area contributed by atoms with Crippen LogP contribution in [0.2, 0.25) is 0 Å². The van der Waals surface area contributed by atoms with Gasteiger partial charge in [0.1, 0.15) is 5.82 Å². The van der Waals surface area contributed by atoms with Crippen molar-refractivity contribution in [2.75, 3.05) is 0 Å². The lowest BCUT2D eigenvalue weighted by molar-refractivity contribution is 0.191. The molecule has 0 unspecified atom stereocenters. The summed E-state index contributed by atoms with van der Waals surface area (Å²) in [5.41, 5.74) is 0.362. The molecule has 0 saturated heterocycles. The minimum absolute atomic E-state index is 0.360. The van der Waals surface area contributed by atoms with Gasteiger partial charge in [-0.15, -0.1) is 0 Å². The molecule has 0 heterocycles. The first kappa shape index (κ1) is 12.1. The molecule has 0 aliphatic carbocycles. The summed E-state index contributed by atoms with van der Waals surface area (Å²) in [5, 5.41) is 9.61. The van der Waals surface area contributed by atoms with E-state index in [1.54, 1.807) is 13.0 Å². The predicted octanol–water partition coefficient (Wildman–Crippen LogP) is 4.03. The molecule has 2 aromatic carbocycles. The lowest BCUT2D eigenvalue weighted by Crippen LogP contribution is -1.98. The van der Waals surface area contributed by atoms with Crippen molar-refractivity contribution < 1.29 is 9.50 Å². The molecule has 1 atom stereocenters. The highest BCUT2D eigenvalue weighted by Crippen LogP contribution is 2.34. The number of hydrogen-bond donors (Lipinski definition) is 1. The quantitative estimate of drug-likeness (QED) is 0.885. The Morgan fingerprint density at radius 1 is 1.06 bits per heavy atom. The van der Waals surface area contributed by atoms with Crippen LogP contribution in [-0.4, -0.2) is 5.11 Å². The smallest absolute Gasteiger partial charge is 0.130 e. The fourth-order valence-corrected chi connectivity index (χ4v) is 2.70. The summed E-state index contributed by atoms with van der Waals surface area (Å²) in [6, 6.07) is 14.6. The second kappa shape index (κ2) is 5.34. The fraction of sp³-hybridized carbons (Fsp3) is 0.143. The van der Waals surface area contributed by atoms with Crippen molar-refractivity contribution in [3.8, 4) is 0 Å². The van der Waals surface area contributed by atoms with Crippen LogP contribution < -0.4 is 0 Å². The van der Waals surface area contributed by atoms with Crippen molar-refractivity contribution in [1.82, 2.24) is 0 Å². The first-order valence-electron chi connectivity index (χ1n) is 5.38. The summed E-state index contributed by atoms with van der Waals surface area (Å²) in [7, 11) is 0. The van der Waals surface area contributed by atoms with E-state index in [2.05, 4.69) is 0 Å². The van der Waals surface area contributed by atoms with Crippen molar-refractivity contribution in [3.05, 3.63) is 59.9 Å². The molecule has 0 saturated carbocycles. The molecule has 0 radical (unpaired) electrons. The van der Waals surface area contributed by atoms with E-state index in [1.807, 2.05) is 36.4 Å². The Hall–Kier alpha value is -1.32. The van der Waals surface area contributed by atoms with Gasteiger partial charge < -0.3 is 5.11 Å². The average Bonchev–Trinajstić information content (AvgIpc) is 2.30. The molecule has 0 fully saturated rings. The van der Waals surface area contributed by atoms with E-state index in [1.165, 1.54) is 17.8 Å². The first-order chi connectivity index (χ1) is 8.18. The zero-order chi connectivity index (χ0) is 12.3. The lowest BCUT2D eigenvalue weighted by Gasteiger charge is -2.12. The molecule has 17 heavy (non-hydrogen) atoms. The third kappa shape index (κ3) is 2.87. The summed E-state index contributed by atoms with van der Waals surface area (Å²) >= 11 is 1.46. The Morgan fingerprint density at radius 2 is 1.76 bits per heavy atom. The van der Waals surface area contributed by atoms with E-state index < -0.39 is 6.10 Å². The molecule has 0 amide bonds. The Morgan fingerprint density at radius 3 is 2.41 bits per heavy atom. The lowest BCUT2D eigenvalue weighted by atomic mass is 10.1. The van der Waals surface area contributed by atoms with Gasteiger partial charge in [-0.2, -0.15) is 0 Å². The molecule has 0 bridgehead atoms. The van der Waals surface area contributed by atoms with Crippen LogP contribution in [0.15, 0.2) is 58.3 Å². The van der Waals surface area contributed by atoms with Gasteiger partial charge in [0.05, 0.1) is 6.10 Å². The summed E-state index contributed by atoms with van der Waals surface area (Å²) < 4.78 is 13.6. The molecular weight excluding hydrogens is 235 g/mol. The third-order valence-electron chi connectivity index (χ3n) is 2.40. The highest BCUT2D eigenvalue weighted by molar-refractivity contribution is 7.99. The molecule has 2 aromatic rings. The molecule has 1 N–H and O–H groups in total. The highest BCUT2D eigenvalue weighted by atomic mass is 32.2. The number of aliphatic hydroxyl groups is 1. The normalized spacial score (nSPS) is 12.4. The summed E-state index contributed by atoms with van der Waals surface area (Å²) in [6.45, 7) is 1.58. The van der Waals surface area contributed by atoms with Crippen molar-refractivity contribution >= 4 is 11.8 Å². The second-order valence-electron chi connectivity index (χ2n) is 3.74. The average molecular weight is 248 g/mol. The molecule has 0 aliphatic heterocycles. The van der Waals surface area contributed by atoms with E-state index in [4.69, 9.17) is 0 Å². The van der Waals surface area contributed by atoms with Crippen molar-refractivity contribution in [1.29, 1.82) is 0 Å². The van der Waals surface area contributed by atoms with E-state index in [-0.39, 0.29) is 5.82 Å². The van der Waals surface area contributed by atoms with Crippen LogP contribution in [-0.2, 0) is 0 Å². The zero-order valence-corrected chi connectivity index (χ0v) is 10.2. The van der Waals surface area contributed by atoms with Crippen molar-refractivity contribution in [2.24, 2.45) is 0 Å². The van der Waals surface area contributed by atoms with Crippen LogP contribution in [0.3, 0.4) is 0 Å². The summed E-state index contributed by atoms with van der Waals surface area (Å²) in [4.78, 5) is 1.78. The SMILES string of the molecule is C[C@@H](O)c1c(F)cccc1Sc1ccccc1. The van der Waals surface area contributed by atoms with Gasteiger partial charge in [0.2, 0.25) is 0 Å².